The van der Waals surface area contributed by atoms with Gasteiger partial charge in [-0.3, -0.25) is 4.79 Å². The lowest BCUT2D eigenvalue weighted by Crippen LogP contribution is -2.48. The molecule has 22 heavy (non-hydrogen) atoms. The van der Waals surface area contributed by atoms with Crippen molar-refractivity contribution in [2.75, 3.05) is 31.1 Å². The molecule has 1 aliphatic heterocycles. The molecule has 1 aromatic rings. The van der Waals surface area contributed by atoms with Crippen LogP contribution in [0.15, 0.2) is 30.3 Å². The normalized spacial score (nSPS) is 15.1. The van der Waals surface area contributed by atoms with Gasteiger partial charge < -0.3 is 9.80 Å². The van der Waals surface area contributed by atoms with Gasteiger partial charge in [0.05, 0.1) is 0 Å². The Morgan fingerprint density at radius 3 is 2.23 bits per heavy atom. The van der Waals surface area contributed by atoms with Crippen LogP contribution in [-0.4, -0.2) is 37.0 Å². The van der Waals surface area contributed by atoms with Crippen LogP contribution in [0.1, 0.15) is 51.9 Å². The zero-order valence-corrected chi connectivity index (χ0v) is 14.0. The highest BCUT2D eigenvalue weighted by Crippen LogP contribution is 2.16. The minimum Gasteiger partial charge on any atom is -0.368 e. The van der Waals surface area contributed by atoms with Crippen LogP contribution in [0.25, 0.3) is 0 Å². The number of piperazine rings is 1. The number of nitrogens with zero attached hydrogens (tertiary/aromatic N) is 2. The van der Waals surface area contributed by atoms with Gasteiger partial charge >= 0.3 is 0 Å². The number of carbonyl (C=O) groups excluding carboxylic acids is 1. The predicted octanol–water partition coefficient (Wildman–Crippen LogP) is 4.09. The maximum Gasteiger partial charge on any atom is 0.222 e. The van der Waals surface area contributed by atoms with Crippen LogP contribution in [0.3, 0.4) is 0 Å². The molecule has 3 nitrogen and oxygen atoms in total. The molecule has 0 radical (unpaired) electrons. The highest BCUT2D eigenvalue weighted by molar-refractivity contribution is 5.76. The number of hydrogen-bond donors (Lipinski definition) is 0. The van der Waals surface area contributed by atoms with Gasteiger partial charge in [0, 0.05) is 38.3 Å². The molecule has 1 aliphatic rings. The average molecular weight is 301 g/mol. The minimum atomic E-state index is 0.350. The Balaban J connectivity index is 1.63. The van der Waals surface area contributed by atoms with Gasteiger partial charge in [-0.15, -0.1) is 0 Å². The number of hydrogen-bond acceptors (Lipinski definition) is 2. The molecule has 0 saturated carbocycles. The SMILES string of the molecule is CCCCCCCC[11C](=O)N1CCN(c2ccccc2)CC1. The van der Waals surface area contributed by atoms with E-state index in [-0.39, 0.29) is 0 Å². The number of carbonyl (C=O) groups is 1. The highest BCUT2D eigenvalue weighted by atomic mass is 16.1. The van der Waals surface area contributed by atoms with Crippen molar-refractivity contribution >= 4 is 11.6 Å². The number of rotatable bonds is 8. The second kappa shape index (κ2) is 9.50. The van der Waals surface area contributed by atoms with Crippen molar-refractivity contribution in [1.29, 1.82) is 0 Å². The van der Waals surface area contributed by atoms with Gasteiger partial charge in [0.1, 0.15) is 0 Å². The van der Waals surface area contributed by atoms with Crippen molar-refractivity contribution in [1.82, 2.24) is 4.90 Å². The lowest BCUT2D eigenvalue weighted by Gasteiger charge is -2.36. The highest BCUT2D eigenvalue weighted by Gasteiger charge is 2.20. The molecule has 1 saturated heterocycles. The molecule has 3 heteroatoms. The van der Waals surface area contributed by atoms with E-state index in [1.807, 2.05) is 11.0 Å². The summed E-state index contributed by atoms with van der Waals surface area (Å²) in [4.78, 5) is 16.7. The smallest absolute Gasteiger partial charge is 0.222 e. The fourth-order valence-corrected chi connectivity index (χ4v) is 3.07. The molecule has 0 unspecified atom stereocenters. The first-order chi connectivity index (χ1) is 10.8. The van der Waals surface area contributed by atoms with Crippen LogP contribution in [-0.2, 0) is 4.79 Å². The van der Waals surface area contributed by atoms with E-state index in [2.05, 4.69) is 36.1 Å². The van der Waals surface area contributed by atoms with Crippen LogP contribution in [0.5, 0.6) is 0 Å². The van der Waals surface area contributed by atoms with E-state index in [0.29, 0.717) is 5.91 Å². The molecular weight excluding hydrogens is 271 g/mol. The van der Waals surface area contributed by atoms with Gasteiger partial charge in [-0.05, 0) is 18.6 Å². The second-order valence-corrected chi connectivity index (χ2v) is 6.22. The molecule has 0 N–H and O–H groups in total. The monoisotopic (exact) mass is 301 g/mol. The fraction of sp³-hybridized carbons (Fsp3) is 0.632. The summed E-state index contributed by atoms with van der Waals surface area (Å²) in [5, 5.41) is 0. The van der Waals surface area contributed by atoms with Crippen molar-refractivity contribution in [3.63, 3.8) is 0 Å². The fourth-order valence-electron chi connectivity index (χ4n) is 3.07. The lowest BCUT2D eigenvalue weighted by atomic mass is 9.88. The van der Waals surface area contributed by atoms with Crippen LogP contribution >= 0.6 is 0 Å². The van der Waals surface area contributed by atoms with Crippen molar-refractivity contribution in [2.24, 2.45) is 0 Å². The zero-order chi connectivity index (χ0) is 15.6. The van der Waals surface area contributed by atoms with Crippen molar-refractivity contribution in [3.05, 3.63) is 30.3 Å². The Morgan fingerprint density at radius 1 is 0.909 bits per heavy atom. The van der Waals surface area contributed by atoms with Crippen LogP contribution < -0.4 is 4.90 Å². The van der Waals surface area contributed by atoms with Crippen LogP contribution in [0.4, 0.5) is 5.69 Å². The van der Waals surface area contributed by atoms with E-state index in [0.717, 1.165) is 39.0 Å². The van der Waals surface area contributed by atoms with E-state index in [1.165, 1.54) is 37.8 Å². The number of para-hydroxylation sites is 1. The first-order valence-corrected chi connectivity index (χ1v) is 8.89. The van der Waals surface area contributed by atoms with Crippen molar-refractivity contribution in [2.45, 2.75) is 51.9 Å². The largest absolute Gasteiger partial charge is 0.368 e. The number of amides is 1. The minimum absolute atomic E-state index is 0.350. The quantitative estimate of drug-likeness (QED) is 0.675. The summed E-state index contributed by atoms with van der Waals surface area (Å²) in [5.41, 5.74) is 1.27. The van der Waals surface area contributed by atoms with E-state index >= 15 is 0 Å². The standard InChI is InChI=1S/C19H30N2O/c1-2-3-4-5-6-10-13-19(22)21-16-14-20(15-17-21)18-11-8-7-9-12-18/h7-9,11-12H,2-6,10,13-17H2,1H3/i19-1. The first kappa shape index (κ1) is 16.9. The van der Waals surface area contributed by atoms with Gasteiger partial charge in [-0.25, -0.2) is 0 Å². The first-order valence-electron chi connectivity index (χ1n) is 8.89. The number of benzene rings is 1. The molecule has 0 aromatic heterocycles. The predicted molar refractivity (Wildman–Crippen MR) is 93.2 cm³/mol. The van der Waals surface area contributed by atoms with Gasteiger partial charge in [0.25, 0.3) is 0 Å². The molecular formula is C19H30N2O. The topological polar surface area (TPSA) is 23.6 Å². The summed E-state index contributed by atoms with van der Waals surface area (Å²) in [6.07, 6.45) is 8.21. The molecule has 0 atom stereocenters. The summed E-state index contributed by atoms with van der Waals surface area (Å²) < 4.78 is 0. The third kappa shape index (κ3) is 5.36. The zero-order valence-electron chi connectivity index (χ0n) is 14.0. The maximum absolute atomic E-state index is 12.2. The molecule has 122 valence electrons. The maximum atomic E-state index is 12.2. The van der Waals surface area contributed by atoms with Gasteiger partial charge in [0.15, 0.2) is 0 Å². The Hall–Kier alpha value is -1.51. The Morgan fingerprint density at radius 2 is 1.55 bits per heavy atom. The molecule has 2 rings (SSSR count). The molecule has 0 aliphatic carbocycles. The molecule has 1 fully saturated rings. The number of anilines is 1. The van der Waals surface area contributed by atoms with Gasteiger partial charge in [-0.1, -0.05) is 57.2 Å². The summed E-state index contributed by atoms with van der Waals surface area (Å²) >= 11 is 0. The third-order valence-corrected chi connectivity index (χ3v) is 4.50. The third-order valence-electron chi connectivity index (χ3n) is 4.50. The second-order valence-electron chi connectivity index (χ2n) is 6.22. The lowest BCUT2D eigenvalue weighted by molar-refractivity contribution is -0.131. The van der Waals surface area contributed by atoms with E-state index in [9.17, 15) is 4.79 Å². The summed E-state index contributed by atoms with van der Waals surface area (Å²) in [6, 6.07) is 10.5. The van der Waals surface area contributed by atoms with E-state index in [4.69, 9.17) is 0 Å². The Labute approximate surface area is 135 Å². The molecule has 1 aromatic carbocycles. The summed E-state index contributed by atoms with van der Waals surface area (Å²) in [7, 11) is 0. The van der Waals surface area contributed by atoms with Gasteiger partial charge in [0.2, 0.25) is 5.91 Å². The molecule has 1 heterocycles. The van der Waals surface area contributed by atoms with Gasteiger partial charge in [-0.2, -0.15) is 0 Å². The van der Waals surface area contributed by atoms with Crippen molar-refractivity contribution in [3.8, 4) is 0 Å². The van der Waals surface area contributed by atoms with Crippen molar-refractivity contribution < 1.29 is 4.79 Å². The Kier molecular flexibility index (Phi) is 7.27. The van der Waals surface area contributed by atoms with E-state index < -0.39 is 0 Å². The molecule has 1 amide bonds. The van der Waals surface area contributed by atoms with Crippen LogP contribution in [0, 0.1) is 0 Å². The average Bonchev–Trinajstić information content (AvgIpc) is 2.59. The summed E-state index contributed by atoms with van der Waals surface area (Å²) in [6.45, 7) is 5.87. The summed E-state index contributed by atoms with van der Waals surface area (Å²) in [5.74, 6) is 0.350. The molecule has 0 bridgehead atoms. The number of unbranched alkanes of at least 4 members (excludes halogenated alkanes) is 5. The molecule has 0 spiro atoms. The Bertz CT molecular complexity index is 424. The van der Waals surface area contributed by atoms with Crippen LogP contribution in [0.2, 0.25) is 0 Å². The van der Waals surface area contributed by atoms with E-state index in [1.54, 1.807) is 0 Å².